The molecule has 0 fully saturated rings. The number of hydrazine groups is 1. The Morgan fingerprint density at radius 2 is 1.45 bits per heavy atom. The van der Waals surface area contributed by atoms with Gasteiger partial charge in [0.25, 0.3) is 11.8 Å². The Bertz CT molecular complexity index is 605. The van der Waals surface area contributed by atoms with Gasteiger partial charge in [-0.3, -0.25) is 20.4 Å². The van der Waals surface area contributed by atoms with Gasteiger partial charge in [-0.05, 0) is 24.1 Å². The van der Waals surface area contributed by atoms with Crippen molar-refractivity contribution >= 4 is 24.2 Å². The van der Waals surface area contributed by atoms with Crippen molar-refractivity contribution in [3.05, 3.63) is 71.8 Å². The lowest BCUT2D eigenvalue weighted by atomic mass is 10.1. The molecule has 0 radical (unpaired) electrons. The Labute approximate surface area is 135 Å². The molecule has 1 atom stereocenters. The molecule has 5 nitrogen and oxygen atoms in total. The van der Waals surface area contributed by atoms with Gasteiger partial charge in [-0.25, -0.2) is 0 Å². The average Bonchev–Trinajstić information content (AvgIpc) is 2.54. The van der Waals surface area contributed by atoms with E-state index in [-0.39, 0.29) is 18.3 Å². The number of nitrogens with two attached hydrogens (primary N) is 1. The van der Waals surface area contributed by atoms with E-state index in [1.165, 1.54) is 0 Å². The molecule has 2 aromatic rings. The van der Waals surface area contributed by atoms with Gasteiger partial charge >= 0.3 is 0 Å². The van der Waals surface area contributed by atoms with Crippen molar-refractivity contribution in [2.24, 2.45) is 5.73 Å². The predicted octanol–water partition coefficient (Wildman–Crippen LogP) is 1.44. The van der Waals surface area contributed by atoms with Gasteiger partial charge in [-0.1, -0.05) is 48.5 Å². The van der Waals surface area contributed by atoms with Gasteiger partial charge in [0, 0.05) is 5.56 Å². The number of hydrogen-bond donors (Lipinski definition) is 3. The van der Waals surface area contributed by atoms with Crippen LogP contribution in [0.4, 0.5) is 0 Å². The quantitative estimate of drug-likeness (QED) is 0.746. The fourth-order valence-corrected chi connectivity index (χ4v) is 1.83. The second-order valence-electron chi connectivity index (χ2n) is 4.61. The van der Waals surface area contributed by atoms with E-state index < -0.39 is 11.9 Å². The number of rotatable bonds is 4. The molecule has 4 N–H and O–H groups in total. The molecule has 2 amide bonds. The molecule has 0 aliphatic rings. The third-order valence-corrected chi connectivity index (χ3v) is 2.97. The van der Waals surface area contributed by atoms with E-state index in [1.54, 1.807) is 24.3 Å². The van der Waals surface area contributed by atoms with Gasteiger partial charge in [0.05, 0.1) is 6.04 Å². The largest absolute Gasteiger partial charge is 0.320 e. The third kappa shape index (κ3) is 5.20. The SMILES string of the molecule is Cl.N[C@@H](Cc1ccccc1)C(=O)NNC(=O)c1ccccc1. The average molecular weight is 320 g/mol. The van der Waals surface area contributed by atoms with E-state index in [0.29, 0.717) is 12.0 Å². The highest BCUT2D eigenvalue weighted by Gasteiger charge is 2.15. The van der Waals surface area contributed by atoms with Crippen LogP contribution in [0.15, 0.2) is 60.7 Å². The van der Waals surface area contributed by atoms with Gasteiger partial charge in [0.1, 0.15) is 0 Å². The summed E-state index contributed by atoms with van der Waals surface area (Å²) in [6.07, 6.45) is 0.411. The van der Waals surface area contributed by atoms with Crippen LogP contribution in [-0.2, 0) is 11.2 Å². The van der Waals surface area contributed by atoms with Crippen molar-refractivity contribution in [2.75, 3.05) is 0 Å². The van der Waals surface area contributed by atoms with Crippen LogP contribution in [0.3, 0.4) is 0 Å². The molecule has 0 aromatic heterocycles. The maximum absolute atomic E-state index is 11.8. The van der Waals surface area contributed by atoms with Crippen molar-refractivity contribution in [1.29, 1.82) is 0 Å². The maximum atomic E-state index is 11.8. The van der Waals surface area contributed by atoms with Crippen molar-refractivity contribution in [3.63, 3.8) is 0 Å². The van der Waals surface area contributed by atoms with E-state index in [1.807, 2.05) is 36.4 Å². The zero-order valence-electron chi connectivity index (χ0n) is 11.9. The van der Waals surface area contributed by atoms with Crippen LogP contribution in [0.2, 0.25) is 0 Å². The predicted molar refractivity (Wildman–Crippen MR) is 87.4 cm³/mol. The highest BCUT2D eigenvalue weighted by molar-refractivity contribution is 5.95. The molecule has 0 saturated heterocycles. The number of benzene rings is 2. The first-order valence-corrected chi connectivity index (χ1v) is 6.61. The van der Waals surface area contributed by atoms with Gasteiger partial charge in [0.2, 0.25) is 0 Å². The fraction of sp³-hybridized carbons (Fsp3) is 0.125. The van der Waals surface area contributed by atoms with E-state index >= 15 is 0 Å². The van der Waals surface area contributed by atoms with E-state index in [0.717, 1.165) is 5.56 Å². The highest BCUT2D eigenvalue weighted by Crippen LogP contribution is 2.02. The molecule has 0 unspecified atom stereocenters. The van der Waals surface area contributed by atoms with Crippen LogP contribution < -0.4 is 16.6 Å². The zero-order chi connectivity index (χ0) is 15.1. The lowest BCUT2D eigenvalue weighted by Crippen LogP contribution is -2.50. The molecule has 0 spiro atoms. The smallest absolute Gasteiger partial charge is 0.269 e. The topological polar surface area (TPSA) is 84.2 Å². The number of amides is 2. The Hall–Kier alpha value is -2.37. The Morgan fingerprint density at radius 1 is 0.909 bits per heavy atom. The normalized spacial score (nSPS) is 11.0. The summed E-state index contributed by atoms with van der Waals surface area (Å²) in [7, 11) is 0. The molecule has 0 aliphatic carbocycles. The standard InChI is InChI=1S/C16H17N3O2.ClH/c17-14(11-12-7-3-1-4-8-12)16(21)19-18-15(20)13-9-5-2-6-10-13;/h1-10,14H,11,17H2,(H,18,20)(H,19,21);1H/t14-;/m0./s1. The van der Waals surface area contributed by atoms with Crippen LogP contribution in [0.5, 0.6) is 0 Å². The molecular weight excluding hydrogens is 302 g/mol. The van der Waals surface area contributed by atoms with E-state index in [4.69, 9.17) is 5.73 Å². The molecule has 6 heteroatoms. The maximum Gasteiger partial charge on any atom is 0.269 e. The molecular formula is C16H18ClN3O2. The molecule has 0 saturated carbocycles. The van der Waals surface area contributed by atoms with E-state index in [2.05, 4.69) is 10.9 Å². The second-order valence-corrected chi connectivity index (χ2v) is 4.61. The van der Waals surface area contributed by atoms with E-state index in [9.17, 15) is 9.59 Å². The molecule has 2 rings (SSSR count). The number of hydrogen-bond acceptors (Lipinski definition) is 3. The highest BCUT2D eigenvalue weighted by atomic mass is 35.5. The summed E-state index contributed by atoms with van der Waals surface area (Å²) in [5.41, 5.74) is 11.9. The summed E-state index contributed by atoms with van der Waals surface area (Å²) in [5, 5.41) is 0. The summed E-state index contributed by atoms with van der Waals surface area (Å²) < 4.78 is 0. The molecule has 0 heterocycles. The van der Waals surface area contributed by atoms with Crippen LogP contribution in [0.25, 0.3) is 0 Å². The summed E-state index contributed by atoms with van der Waals surface area (Å²) in [4.78, 5) is 23.6. The zero-order valence-corrected chi connectivity index (χ0v) is 12.7. The number of halogens is 1. The Morgan fingerprint density at radius 3 is 2.05 bits per heavy atom. The summed E-state index contributed by atoms with van der Waals surface area (Å²) in [6, 6.07) is 17.4. The number of carbonyl (C=O) groups excluding carboxylic acids is 2. The first-order chi connectivity index (χ1) is 10.2. The lowest BCUT2D eigenvalue weighted by molar-refractivity contribution is -0.123. The monoisotopic (exact) mass is 319 g/mol. The summed E-state index contributed by atoms with van der Waals surface area (Å²) in [6.45, 7) is 0. The van der Waals surface area contributed by atoms with Crippen molar-refractivity contribution in [2.45, 2.75) is 12.5 Å². The van der Waals surface area contributed by atoms with Crippen LogP contribution in [0, 0.1) is 0 Å². The van der Waals surface area contributed by atoms with Gasteiger partial charge in [-0.2, -0.15) is 0 Å². The van der Waals surface area contributed by atoms with Crippen molar-refractivity contribution in [3.8, 4) is 0 Å². The second kappa shape index (κ2) is 8.81. The molecule has 0 aliphatic heterocycles. The van der Waals surface area contributed by atoms with Gasteiger partial charge < -0.3 is 5.73 Å². The van der Waals surface area contributed by atoms with Gasteiger partial charge in [-0.15, -0.1) is 12.4 Å². The van der Waals surface area contributed by atoms with Crippen LogP contribution in [0.1, 0.15) is 15.9 Å². The molecule has 0 bridgehead atoms. The minimum absolute atomic E-state index is 0. The summed E-state index contributed by atoms with van der Waals surface area (Å²) >= 11 is 0. The number of carbonyl (C=O) groups is 2. The van der Waals surface area contributed by atoms with Crippen molar-refractivity contribution in [1.82, 2.24) is 10.9 Å². The molecule has 116 valence electrons. The summed E-state index contributed by atoms with van der Waals surface area (Å²) in [5.74, 6) is -0.806. The third-order valence-electron chi connectivity index (χ3n) is 2.97. The Kier molecular flexibility index (Phi) is 7.08. The Balaban J connectivity index is 0.00000242. The molecule has 2 aromatic carbocycles. The first kappa shape index (κ1) is 17.7. The first-order valence-electron chi connectivity index (χ1n) is 6.61. The fourth-order valence-electron chi connectivity index (χ4n) is 1.83. The minimum Gasteiger partial charge on any atom is -0.320 e. The van der Waals surface area contributed by atoms with Gasteiger partial charge in [0.15, 0.2) is 0 Å². The molecule has 22 heavy (non-hydrogen) atoms. The van der Waals surface area contributed by atoms with Crippen molar-refractivity contribution < 1.29 is 9.59 Å². The van der Waals surface area contributed by atoms with Crippen LogP contribution >= 0.6 is 12.4 Å². The number of nitrogens with one attached hydrogen (secondary N) is 2. The van der Waals surface area contributed by atoms with Crippen LogP contribution in [-0.4, -0.2) is 17.9 Å². The lowest BCUT2D eigenvalue weighted by Gasteiger charge is -2.13. The minimum atomic E-state index is -0.719.